The molecule has 1 fully saturated rings. The van der Waals surface area contributed by atoms with Gasteiger partial charge in [-0.25, -0.2) is 0 Å². The van der Waals surface area contributed by atoms with Gasteiger partial charge in [0.2, 0.25) is 5.88 Å². The predicted octanol–water partition coefficient (Wildman–Crippen LogP) is 2.55. The minimum Gasteiger partial charge on any atom is -0.472 e. The van der Waals surface area contributed by atoms with Crippen LogP contribution >= 0.6 is 0 Å². The second-order valence-corrected chi connectivity index (χ2v) is 5.15. The Morgan fingerprint density at radius 2 is 2.16 bits per heavy atom. The number of hydrogen-bond donors (Lipinski definition) is 2. The van der Waals surface area contributed by atoms with Gasteiger partial charge in [0.25, 0.3) is 0 Å². The van der Waals surface area contributed by atoms with E-state index in [1.807, 2.05) is 13.0 Å². The molecule has 4 nitrogen and oxygen atoms in total. The molecule has 0 radical (unpaired) electrons. The molecular weight excluding hydrogens is 238 g/mol. The highest BCUT2D eigenvalue weighted by atomic mass is 16.5. The number of ether oxygens (including phenoxy) is 1. The van der Waals surface area contributed by atoms with Crippen LogP contribution in [0.4, 0.5) is 0 Å². The van der Waals surface area contributed by atoms with E-state index >= 15 is 0 Å². The van der Waals surface area contributed by atoms with Gasteiger partial charge in [0.1, 0.15) is 6.61 Å². The first-order chi connectivity index (χ1) is 9.29. The summed E-state index contributed by atoms with van der Waals surface area (Å²) in [6.45, 7) is 3.46. The molecule has 0 spiro atoms. The van der Waals surface area contributed by atoms with E-state index in [1.54, 1.807) is 0 Å². The van der Waals surface area contributed by atoms with E-state index in [4.69, 9.17) is 4.74 Å². The average Bonchev–Trinajstić information content (AvgIpc) is 3.16. The molecule has 3 rings (SSSR count). The summed E-state index contributed by atoms with van der Waals surface area (Å²) in [6.07, 6.45) is 2.64. The molecule has 1 aliphatic carbocycles. The molecule has 1 aromatic heterocycles. The second-order valence-electron chi connectivity index (χ2n) is 5.15. The van der Waals surface area contributed by atoms with Crippen molar-refractivity contribution >= 4 is 0 Å². The standard InChI is InChI=1S/C15H19N3O/c1-11-7-15(18-17-11)19-10-13-4-2-3-12(8-13)9-16-14-5-6-14/h2-4,7-8,14,16H,5-6,9-10H2,1H3,(H,17,18). The highest BCUT2D eigenvalue weighted by molar-refractivity contribution is 5.24. The van der Waals surface area contributed by atoms with Crippen LogP contribution < -0.4 is 10.1 Å². The Morgan fingerprint density at radius 1 is 1.32 bits per heavy atom. The molecule has 19 heavy (non-hydrogen) atoms. The van der Waals surface area contributed by atoms with Crippen LogP contribution in [0.5, 0.6) is 5.88 Å². The van der Waals surface area contributed by atoms with Crippen molar-refractivity contribution in [1.29, 1.82) is 0 Å². The average molecular weight is 257 g/mol. The number of nitrogens with one attached hydrogen (secondary N) is 2. The first-order valence-corrected chi connectivity index (χ1v) is 6.75. The minimum atomic E-state index is 0.557. The fraction of sp³-hybridized carbons (Fsp3) is 0.400. The second kappa shape index (κ2) is 5.45. The molecule has 1 saturated carbocycles. The van der Waals surface area contributed by atoms with Gasteiger partial charge in [-0.05, 0) is 30.9 Å². The van der Waals surface area contributed by atoms with Crippen LogP contribution in [0.2, 0.25) is 0 Å². The third-order valence-corrected chi connectivity index (χ3v) is 3.23. The quantitative estimate of drug-likeness (QED) is 0.836. The van der Waals surface area contributed by atoms with Gasteiger partial charge in [-0.2, -0.15) is 0 Å². The maximum Gasteiger partial charge on any atom is 0.233 e. The smallest absolute Gasteiger partial charge is 0.233 e. The van der Waals surface area contributed by atoms with Crippen LogP contribution in [-0.4, -0.2) is 16.2 Å². The zero-order chi connectivity index (χ0) is 13.1. The first-order valence-electron chi connectivity index (χ1n) is 6.75. The molecule has 0 saturated heterocycles. The van der Waals surface area contributed by atoms with Crippen molar-refractivity contribution in [3.63, 3.8) is 0 Å². The lowest BCUT2D eigenvalue weighted by Gasteiger charge is -2.07. The Morgan fingerprint density at radius 3 is 2.89 bits per heavy atom. The lowest BCUT2D eigenvalue weighted by molar-refractivity contribution is 0.293. The summed E-state index contributed by atoms with van der Waals surface area (Å²) in [5.74, 6) is 0.652. The number of aromatic amines is 1. The molecule has 4 heteroatoms. The summed E-state index contributed by atoms with van der Waals surface area (Å²) < 4.78 is 5.64. The molecule has 2 aromatic rings. The Hall–Kier alpha value is -1.81. The van der Waals surface area contributed by atoms with Crippen molar-refractivity contribution < 1.29 is 4.74 Å². The maximum atomic E-state index is 5.64. The van der Waals surface area contributed by atoms with E-state index in [9.17, 15) is 0 Å². The summed E-state index contributed by atoms with van der Waals surface area (Å²) in [6, 6.07) is 11.1. The largest absolute Gasteiger partial charge is 0.472 e. The molecule has 0 unspecified atom stereocenters. The Balaban J connectivity index is 1.55. The van der Waals surface area contributed by atoms with E-state index < -0.39 is 0 Å². The summed E-state index contributed by atoms with van der Waals surface area (Å²) >= 11 is 0. The molecule has 1 aliphatic rings. The van der Waals surface area contributed by atoms with Crippen molar-refractivity contribution in [2.24, 2.45) is 0 Å². The van der Waals surface area contributed by atoms with Crippen LogP contribution in [0.15, 0.2) is 30.3 Å². The van der Waals surface area contributed by atoms with E-state index in [2.05, 4.69) is 39.8 Å². The van der Waals surface area contributed by atoms with Gasteiger partial charge < -0.3 is 10.1 Å². The molecule has 0 atom stereocenters. The van der Waals surface area contributed by atoms with Crippen molar-refractivity contribution in [2.75, 3.05) is 0 Å². The summed E-state index contributed by atoms with van der Waals surface area (Å²) in [5, 5.41) is 10.5. The van der Waals surface area contributed by atoms with Crippen molar-refractivity contribution in [3.8, 4) is 5.88 Å². The number of aromatic nitrogens is 2. The molecular formula is C15H19N3O. The number of H-pyrrole nitrogens is 1. The third-order valence-electron chi connectivity index (χ3n) is 3.23. The van der Waals surface area contributed by atoms with Gasteiger partial charge in [-0.1, -0.05) is 24.3 Å². The molecule has 0 aliphatic heterocycles. The fourth-order valence-electron chi connectivity index (χ4n) is 2.00. The van der Waals surface area contributed by atoms with E-state index in [0.29, 0.717) is 12.5 Å². The van der Waals surface area contributed by atoms with E-state index in [1.165, 1.54) is 24.0 Å². The molecule has 0 bridgehead atoms. The van der Waals surface area contributed by atoms with Crippen LogP contribution in [0.1, 0.15) is 29.7 Å². The minimum absolute atomic E-state index is 0.557. The van der Waals surface area contributed by atoms with Crippen LogP contribution in [-0.2, 0) is 13.2 Å². The van der Waals surface area contributed by atoms with Crippen molar-refractivity contribution in [3.05, 3.63) is 47.2 Å². The van der Waals surface area contributed by atoms with Gasteiger partial charge in [0, 0.05) is 24.3 Å². The van der Waals surface area contributed by atoms with Gasteiger partial charge in [-0.3, -0.25) is 5.10 Å². The van der Waals surface area contributed by atoms with Crippen molar-refractivity contribution in [2.45, 2.75) is 39.0 Å². The molecule has 2 N–H and O–H groups in total. The highest BCUT2D eigenvalue weighted by Gasteiger charge is 2.19. The monoisotopic (exact) mass is 257 g/mol. The zero-order valence-electron chi connectivity index (χ0n) is 11.1. The van der Waals surface area contributed by atoms with Crippen LogP contribution in [0.3, 0.4) is 0 Å². The normalized spacial score (nSPS) is 14.6. The van der Waals surface area contributed by atoms with Crippen LogP contribution in [0, 0.1) is 6.92 Å². The summed E-state index contributed by atoms with van der Waals surface area (Å²) in [5.41, 5.74) is 3.50. The first kappa shape index (κ1) is 12.2. The summed E-state index contributed by atoms with van der Waals surface area (Å²) in [7, 11) is 0. The number of rotatable bonds is 6. The number of benzene rings is 1. The highest BCUT2D eigenvalue weighted by Crippen LogP contribution is 2.19. The van der Waals surface area contributed by atoms with Gasteiger partial charge in [-0.15, -0.1) is 5.10 Å². The van der Waals surface area contributed by atoms with Crippen LogP contribution in [0.25, 0.3) is 0 Å². The third kappa shape index (κ3) is 3.58. The van der Waals surface area contributed by atoms with Gasteiger partial charge in [0.05, 0.1) is 0 Å². The molecule has 1 heterocycles. The number of hydrogen-bond acceptors (Lipinski definition) is 3. The topological polar surface area (TPSA) is 49.9 Å². The molecule has 1 aromatic carbocycles. The fourth-order valence-corrected chi connectivity index (χ4v) is 2.00. The van der Waals surface area contributed by atoms with Gasteiger partial charge in [0.15, 0.2) is 0 Å². The van der Waals surface area contributed by atoms with Crippen molar-refractivity contribution in [1.82, 2.24) is 15.5 Å². The Bertz CT molecular complexity index is 546. The Kier molecular flexibility index (Phi) is 3.51. The maximum absolute atomic E-state index is 5.64. The Labute approximate surface area is 113 Å². The number of aryl methyl sites for hydroxylation is 1. The van der Waals surface area contributed by atoms with E-state index in [-0.39, 0.29) is 0 Å². The van der Waals surface area contributed by atoms with Gasteiger partial charge >= 0.3 is 0 Å². The zero-order valence-corrected chi connectivity index (χ0v) is 11.1. The summed E-state index contributed by atoms with van der Waals surface area (Å²) in [4.78, 5) is 0. The molecule has 0 amide bonds. The van der Waals surface area contributed by atoms with E-state index in [0.717, 1.165) is 18.3 Å². The SMILES string of the molecule is Cc1cc(OCc2cccc(CNC3CC3)c2)n[nH]1. The number of nitrogens with zero attached hydrogens (tertiary/aromatic N) is 1. The lowest BCUT2D eigenvalue weighted by atomic mass is 10.1. The molecule has 100 valence electrons. The lowest BCUT2D eigenvalue weighted by Crippen LogP contribution is -2.15. The predicted molar refractivity (Wildman–Crippen MR) is 74.0 cm³/mol.